The second-order valence-electron chi connectivity index (χ2n) is 5.03. The fourth-order valence-electron chi connectivity index (χ4n) is 2.43. The highest BCUT2D eigenvalue weighted by Gasteiger charge is 2.13. The van der Waals surface area contributed by atoms with Gasteiger partial charge in [0, 0.05) is 23.9 Å². The number of pyridine rings is 1. The van der Waals surface area contributed by atoms with Crippen molar-refractivity contribution < 1.29 is 4.79 Å². The fourth-order valence-corrected chi connectivity index (χ4v) is 2.43. The number of nitrogens with zero attached hydrogens (tertiary/aromatic N) is 1. The highest BCUT2D eigenvalue weighted by atomic mass is 16.1. The molecule has 0 fully saturated rings. The van der Waals surface area contributed by atoms with E-state index in [2.05, 4.69) is 9.97 Å². The van der Waals surface area contributed by atoms with Crippen LogP contribution in [0.2, 0.25) is 0 Å². The van der Waals surface area contributed by atoms with Crippen molar-refractivity contribution in [3.05, 3.63) is 65.0 Å². The Morgan fingerprint density at radius 1 is 1.15 bits per heavy atom. The zero-order chi connectivity index (χ0) is 14.1. The molecule has 100 valence electrons. The first-order valence-corrected chi connectivity index (χ1v) is 6.68. The second-order valence-corrected chi connectivity index (χ2v) is 5.03. The summed E-state index contributed by atoms with van der Waals surface area (Å²) in [4.78, 5) is 20.1. The Balaban J connectivity index is 1.99. The van der Waals surface area contributed by atoms with E-state index < -0.39 is 0 Å². The maximum Gasteiger partial charge on any atom is 0.167 e. The molecule has 0 aliphatic rings. The van der Waals surface area contributed by atoms with Crippen LogP contribution in [0, 0.1) is 13.8 Å². The SMILES string of the molecule is Cc1[nH]c2c(CC(=O)c3ccccc3)ccnc2c1C. The molecular formula is C17H16N2O. The van der Waals surface area contributed by atoms with E-state index >= 15 is 0 Å². The molecule has 3 aromatic rings. The monoisotopic (exact) mass is 264 g/mol. The minimum atomic E-state index is 0.128. The van der Waals surface area contributed by atoms with E-state index in [4.69, 9.17) is 0 Å². The first-order valence-electron chi connectivity index (χ1n) is 6.68. The van der Waals surface area contributed by atoms with Crippen LogP contribution >= 0.6 is 0 Å². The molecule has 3 heteroatoms. The van der Waals surface area contributed by atoms with Crippen LogP contribution in [0.15, 0.2) is 42.6 Å². The zero-order valence-corrected chi connectivity index (χ0v) is 11.6. The molecule has 1 aromatic carbocycles. The molecule has 0 spiro atoms. The van der Waals surface area contributed by atoms with Crippen molar-refractivity contribution >= 4 is 16.8 Å². The summed E-state index contributed by atoms with van der Waals surface area (Å²) in [7, 11) is 0. The van der Waals surface area contributed by atoms with Crippen LogP contribution in [0.3, 0.4) is 0 Å². The third kappa shape index (κ3) is 2.11. The van der Waals surface area contributed by atoms with Crippen molar-refractivity contribution in [2.45, 2.75) is 20.3 Å². The van der Waals surface area contributed by atoms with Gasteiger partial charge in [0.2, 0.25) is 0 Å². The van der Waals surface area contributed by atoms with Crippen molar-refractivity contribution in [3.8, 4) is 0 Å². The third-order valence-corrected chi connectivity index (χ3v) is 3.71. The molecule has 2 aromatic heterocycles. The molecule has 3 nitrogen and oxygen atoms in total. The second kappa shape index (κ2) is 4.93. The highest BCUT2D eigenvalue weighted by Crippen LogP contribution is 2.23. The predicted molar refractivity (Wildman–Crippen MR) is 80.0 cm³/mol. The molecule has 20 heavy (non-hydrogen) atoms. The Labute approximate surface area is 117 Å². The van der Waals surface area contributed by atoms with Crippen LogP contribution in [-0.4, -0.2) is 15.8 Å². The van der Waals surface area contributed by atoms with E-state index in [1.165, 1.54) is 0 Å². The average molecular weight is 264 g/mol. The molecule has 0 bridgehead atoms. The number of nitrogens with one attached hydrogen (secondary N) is 1. The van der Waals surface area contributed by atoms with E-state index in [9.17, 15) is 4.79 Å². The first-order chi connectivity index (χ1) is 9.66. The first kappa shape index (κ1) is 12.6. The lowest BCUT2D eigenvalue weighted by molar-refractivity contribution is 0.0993. The van der Waals surface area contributed by atoms with Gasteiger partial charge in [0.15, 0.2) is 5.78 Å². The van der Waals surface area contributed by atoms with E-state index in [1.54, 1.807) is 6.20 Å². The van der Waals surface area contributed by atoms with E-state index in [-0.39, 0.29) is 5.78 Å². The van der Waals surface area contributed by atoms with Gasteiger partial charge in [0.25, 0.3) is 0 Å². The molecule has 0 radical (unpaired) electrons. The van der Waals surface area contributed by atoms with Crippen LogP contribution in [0.5, 0.6) is 0 Å². The lowest BCUT2D eigenvalue weighted by atomic mass is 10.0. The molecule has 0 aliphatic heterocycles. The van der Waals surface area contributed by atoms with Crippen LogP contribution in [0.25, 0.3) is 11.0 Å². The molecule has 0 aliphatic carbocycles. The van der Waals surface area contributed by atoms with Crippen LogP contribution < -0.4 is 0 Å². The summed E-state index contributed by atoms with van der Waals surface area (Å²) in [6.45, 7) is 4.07. The number of carbonyl (C=O) groups is 1. The lowest BCUT2D eigenvalue weighted by Gasteiger charge is -2.03. The van der Waals surface area contributed by atoms with Crippen molar-refractivity contribution in [1.29, 1.82) is 0 Å². The molecule has 0 unspecified atom stereocenters. The van der Waals surface area contributed by atoms with Crippen LogP contribution in [0.1, 0.15) is 27.2 Å². The van der Waals surface area contributed by atoms with Crippen molar-refractivity contribution in [2.24, 2.45) is 0 Å². The summed E-state index contributed by atoms with van der Waals surface area (Å²) in [6, 6.07) is 11.3. The number of carbonyl (C=O) groups excluding carboxylic acids is 1. The van der Waals surface area contributed by atoms with Gasteiger partial charge in [-0.3, -0.25) is 9.78 Å². The summed E-state index contributed by atoms with van der Waals surface area (Å²) in [6.07, 6.45) is 2.17. The van der Waals surface area contributed by atoms with Gasteiger partial charge < -0.3 is 4.98 Å². The number of aromatic nitrogens is 2. The van der Waals surface area contributed by atoms with Crippen LogP contribution in [-0.2, 0) is 6.42 Å². The molecule has 1 N–H and O–H groups in total. The molecule has 0 saturated carbocycles. The minimum Gasteiger partial charge on any atom is -0.357 e. The summed E-state index contributed by atoms with van der Waals surface area (Å²) in [5.41, 5.74) is 5.94. The maximum atomic E-state index is 12.3. The number of aryl methyl sites for hydroxylation is 2. The quantitative estimate of drug-likeness (QED) is 0.734. The van der Waals surface area contributed by atoms with Crippen molar-refractivity contribution in [3.63, 3.8) is 0 Å². The molecule has 0 atom stereocenters. The molecule has 3 rings (SSSR count). The minimum absolute atomic E-state index is 0.128. The number of fused-ring (bicyclic) bond motifs is 1. The molecular weight excluding hydrogens is 248 g/mol. The highest BCUT2D eigenvalue weighted by molar-refractivity contribution is 5.99. The molecule has 0 amide bonds. The summed E-state index contributed by atoms with van der Waals surface area (Å²) >= 11 is 0. The van der Waals surface area contributed by atoms with E-state index in [0.29, 0.717) is 6.42 Å². The zero-order valence-electron chi connectivity index (χ0n) is 11.6. The van der Waals surface area contributed by atoms with E-state index in [1.807, 2.05) is 50.2 Å². The molecule has 2 heterocycles. The lowest BCUT2D eigenvalue weighted by Crippen LogP contribution is -2.04. The maximum absolute atomic E-state index is 12.3. The summed E-state index contributed by atoms with van der Waals surface area (Å²) < 4.78 is 0. The smallest absolute Gasteiger partial charge is 0.167 e. The van der Waals surface area contributed by atoms with Crippen molar-refractivity contribution in [1.82, 2.24) is 9.97 Å². The Kier molecular flexibility index (Phi) is 3.11. The van der Waals surface area contributed by atoms with Gasteiger partial charge in [-0.2, -0.15) is 0 Å². The van der Waals surface area contributed by atoms with Crippen LogP contribution in [0.4, 0.5) is 0 Å². The Bertz CT molecular complexity index is 772. The number of hydrogen-bond donors (Lipinski definition) is 1. The number of ketones is 1. The Hall–Kier alpha value is -2.42. The standard InChI is InChI=1S/C17H16N2O/c1-11-12(2)19-17-14(8-9-18-16(11)17)10-15(20)13-6-4-3-5-7-13/h3-9,19H,10H2,1-2H3. The average Bonchev–Trinajstić information content (AvgIpc) is 2.77. The summed E-state index contributed by atoms with van der Waals surface area (Å²) in [5.74, 6) is 0.128. The van der Waals surface area contributed by atoms with Gasteiger partial charge in [-0.25, -0.2) is 0 Å². The number of hydrogen-bond acceptors (Lipinski definition) is 2. The van der Waals surface area contributed by atoms with Crippen molar-refractivity contribution in [2.75, 3.05) is 0 Å². The van der Waals surface area contributed by atoms with Gasteiger partial charge in [0.1, 0.15) is 0 Å². The largest absolute Gasteiger partial charge is 0.357 e. The molecule has 0 saturated heterocycles. The topological polar surface area (TPSA) is 45.8 Å². The van der Waals surface area contributed by atoms with Gasteiger partial charge in [-0.1, -0.05) is 30.3 Å². The number of H-pyrrole nitrogens is 1. The van der Waals surface area contributed by atoms with Gasteiger partial charge in [0.05, 0.1) is 11.0 Å². The number of rotatable bonds is 3. The number of aromatic amines is 1. The normalized spacial score (nSPS) is 10.9. The fraction of sp³-hybridized carbons (Fsp3) is 0.176. The Morgan fingerprint density at radius 2 is 1.90 bits per heavy atom. The number of benzene rings is 1. The third-order valence-electron chi connectivity index (χ3n) is 3.71. The van der Waals surface area contributed by atoms with Gasteiger partial charge in [-0.15, -0.1) is 0 Å². The van der Waals surface area contributed by atoms with Gasteiger partial charge in [-0.05, 0) is 31.0 Å². The Morgan fingerprint density at radius 3 is 2.65 bits per heavy atom. The number of Topliss-reactive ketones (excluding diaryl/α,β-unsaturated/α-hetero) is 1. The van der Waals surface area contributed by atoms with Gasteiger partial charge >= 0.3 is 0 Å². The summed E-state index contributed by atoms with van der Waals surface area (Å²) in [5, 5.41) is 0. The van der Waals surface area contributed by atoms with E-state index in [0.717, 1.165) is 33.4 Å². The predicted octanol–water partition coefficient (Wildman–Crippen LogP) is 3.61.